The molecule has 0 bridgehead atoms. The number of sulfonamides is 1. The summed E-state index contributed by atoms with van der Waals surface area (Å²) in [4.78, 5) is 4.36. The fourth-order valence-electron chi connectivity index (χ4n) is 3.65. The van der Waals surface area contributed by atoms with Crippen LogP contribution in [0.5, 0.6) is 0 Å². The predicted octanol–water partition coefficient (Wildman–Crippen LogP) is 3.20. The Hall–Kier alpha value is -2.49. The Kier molecular flexibility index (Phi) is 5.52. The summed E-state index contributed by atoms with van der Waals surface area (Å²) in [7, 11) is -7.26. The molecule has 7 nitrogen and oxygen atoms in total. The first-order valence-electron chi connectivity index (χ1n) is 9.56. The van der Waals surface area contributed by atoms with Crippen LogP contribution in [-0.2, 0) is 19.9 Å². The van der Waals surface area contributed by atoms with Crippen molar-refractivity contribution in [1.29, 1.82) is 0 Å². The molecule has 0 amide bonds. The average Bonchev–Trinajstić information content (AvgIpc) is 3.09. The van der Waals surface area contributed by atoms with Gasteiger partial charge in [-0.2, -0.15) is 4.31 Å². The minimum atomic E-state index is -3.81. The van der Waals surface area contributed by atoms with E-state index in [1.54, 1.807) is 43.3 Å². The van der Waals surface area contributed by atoms with Gasteiger partial charge in [0.1, 0.15) is 12.0 Å². The normalized spacial score (nSPS) is 20.0. The molecule has 1 aliphatic heterocycles. The van der Waals surface area contributed by atoms with Gasteiger partial charge in [0, 0.05) is 25.6 Å². The summed E-state index contributed by atoms with van der Waals surface area (Å²) < 4.78 is 58.3. The molecule has 2 heterocycles. The molecule has 9 heteroatoms. The number of nitrogens with zero attached hydrogens (tertiary/aromatic N) is 2. The highest BCUT2D eigenvalue weighted by molar-refractivity contribution is 7.92. The third kappa shape index (κ3) is 4.05. The number of oxazole rings is 1. The molecular formula is C21H22N2O5S2. The van der Waals surface area contributed by atoms with Gasteiger partial charge in [-0.05, 0) is 24.1 Å². The monoisotopic (exact) mass is 446 g/mol. The first kappa shape index (κ1) is 20.8. The fourth-order valence-corrected chi connectivity index (χ4v) is 7.02. The second kappa shape index (κ2) is 7.98. The molecule has 1 aliphatic rings. The van der Waals surface area contributed by atoms with Crippen molar-refractivity contribution in [2.24, 2.45) is 0 Å². The molecule has 0 radical (unpaired) electrons. The molecule has 0 aliphatic carbocycles. The standard InChI is InChI=1S/C21H22N2O5S2/c1-16-22-20(15-28-16)17-7-9-19(10-8-17)30(26,27)23-12-11-21(29(24,25)14-13-23)18-5-3-2-4-6-18/h2-10,15,21H,11-14H2,1H3/t21-/m0/s1. The first-order chi connectivity index (χ1) is 14.3. The third-order valence-corrected chi connectivity index (χ3v) is 9.32. The molecular weight excluding hydrogens is 424 g/mol. The highest BCUT2D eigenvalue weighted by Crippen LogP contribution is 2.31. The van der Waals surface area contributed by atoms with Crippen molar-refractivity contribution in [3.05, 3.63) is 72.3 Å². The van der Waals surface area contributed by atoms with Crippen molar-refractivity contribution in [3.8, 4) is 11.3 Å². The Labute approximate surface area is 176 Å². The number of benzene rings is 2. The van der Waals surface area contributed by atoms with Crippen LogP contribution < -0.4 is 0 Å². The SMILES string of the molecule is Cc1nc(-c2ccc(S(=O)(=O)N3CC[C@@H](c4ccccc4)S(=O)(=O)CC3)cc2)co1. The van der Waals surface area contributed by atoms with Gasteiger partial charge in [0.2, 0.25) is 10.0 Å². The van der Waals surface area contributed by atoms with Crippen LogP contribution in [0.1, 0.15) is 23.1 Å². The Morgan fingerprint density at radius 2 is 1.73 bits per heavy atom. The van der Waals surface area contributed by atoms with Gasteiger partial charge in [-0.15, -0.1) is 0 Å². The molecule has 2 aromatic carbocycles. The lowest BCUT2D eigenvalue weighted by molar-refractivity contribution is 0.428. The molecule has 3 aromatic rings. The predicted molar refractivity (Wildman–Crippen MR) is 113 cm³/mol. The van der Waals surface area contributed by atoms with Gasteiger partial charge in [-0.25, -0.2) is 21.8 Å². The second-order valence-electron chi connectivity index (χ2n) is 7.24. The summed E-state index contributed by atoms with van der Waals surface area (Å²) >= 11 is 0. The molecule has 4 rings (SSSR count). The molecule has 1 saturated heterocycles. The van der Waals surface area contributed by atoms with Crippen LogP contribution in [0.4, 0.5) is 0 Å². The Balaban J connectivity index is 1.57. The van der Waals surface area contributed by atoms with E-state index in [0.29, 0.717) is 17.1 Å². The maximum absolute atomic E-state index is 13.1. The van der Waals surface area contributed by atoms with Crippen LogP contribution in [0, 0.1) is 6.92 Å². The molecule has 0 spiro atoms. The highest BCUT2D eigenvalue weighted by atomic mass is 32.2. The van der Waals surface area contributed by atoms with Crippen LogP contribution in [-0.4, -0.2) is 45.0 Å². The van der Waals surface area contributed by atoms with Gasteiger partial charge in [0.15, 0.2) is 15.7 Å². The molecule has 0 saturated carbocycles. The maximum atomic E-state index is 13.1. The Bertz CT molecular complexity index is 1230. The maximum Gasteiger partial charge on any atom is 0.243 e. The lowest BCUT2D eigenvalue weighted by Crippen LogP contribution is -2.33. The van der Waals surface area contributed by atoms with Crippen LogP contribution in [0.15, 0.2) is 70.2 Å². The summed E-state index contributed by atoms with van der Waals surface area (Å²) in [5.41, 5.74) is 2.07. The van der Waals surface area contributed by atoms with E-state index in [1.165, 1.54) is 22.7 Å². The van der Waals surface area contributed by atoms with Crippen LogP contribution in [0.25, 0.3) is 11.3 Å². The molecule has 30 heavy (non-hydrogen) atoms. The van der Waals surface area contributed by atoms with Crippen molar-refractivity contribution in [2.75, 3.05) is 18.8 Å². The lowest BCUT2D eigenvalue weighted by atomic mass is 10.1. The average molecular weight is 447 g/mol. The highest BCUT2D eigenvalue weighted by Gasteiger charge is 2.35. The van der Waals surface area contributed by atoms with Crippen molar-refractivity contribution in [3.63, 3.8) is 0 Å². The van der Waals surface area contributed by atoms with E-state index in [-0.39, 0.29) is 30.2 Å². The summed E-state index contributed by atoms with van der Waals surface area (Å²) in [5, 5.41) is -0.698. The summed E-state index contributed by atoms with van der Waals surface area (Å²) in [5.74, 6) is 0.322. The van der Waals surface area contributed by atoms with Crippen molar-refractivity contribution >= 4 is 19.9 Å². The topological polar surface area (TPSA) is 97.5 Å². The van der Waals surface area contributed by atoms with E-state index < -0.39 is 25.1 Å². The largest absolute Gasteiger partial charge is 0.449 e. The Morgan fingerprint density at radius 1 is 1.03 bits per heavy atom. The van der Waals surface area contributed by atoms with Crippen LogP contribution in [0.2, 0.25) is 0 Å². The lowest BCUT2D eigenvalue weighted by Gasteiger charge is -2.20. The molecule has 1 atom stereocenters. The van der Waals surface area contributed by atoms with Crippen LogP contribution in [0.3, 0.4) is 0 Å². The van der Waals surface area contributed by atoms with Crippen molar-refractivity contribution in [2.45, 2.75) is 23.5 Å². The number of sulfone groups is 1. The summed E-state index contributed by atoms with van der Waals surface area (Å²) in [6, 6.07) is 15.3. The van der Waals surface area contributed by atoms with Gasteiger partial charge in [0.25, 0.3) is 0 Å². The molecule has 0 N–H and O–H groups in total. The number of rotatable bonds is 4. The van der Waals surface area contributed by atoms with E-state index >= 15 is 0 Å². The third-order valence-electron chi connectivity index (χ3n) is 5.28. The van der Waals surface area contributed by atoms with Crippen molar-refractivity contribution in [1.82, 2.24) is 9.29 Å². The fraction of sp³-hybridized carbons (Fsp3) is 0.286. The number of hydrogen-bond acceptors (Lipinski definition) is 6. The number of hydrogen-bond donors (Lipinski definition) is 0. The minimum absolute atomic E-state index is 0.0573. The van der Waals surface area contributed by atoms with Gasteiger partial charge >= 0.3 is 0 Å². The van der Waals surface area contributed by atoms with E-state index in [2.05, 4.69) is 4.98 Å². The molecule has 158 valence electrons. The van der Waals surface area contributed by atoms with Gasteiger partial charge < -0.3 is 4.42 Å². The van der Waals surface area contributed by atoms with E-state index in [1.807, 2.05) is 6.07 Å². The molecule has 1 aromatic heterocycles. The second-order valence-corrected chi connectivity index (χ2v) is 11.5. The van der Waals surface area contributed by atoms with E-state index in [0.717, 1.165) is 5.56 Å². The Morgan fingerprint density at radius 3 is 2.37 bits per heavy atom. The first-order valence-corrected chi connectivity index (χ1v) is 12.7. The zero-order chi connectivity index (χ0) is 21.4. The van der Waals surface area contributed by atoms with Gasteiger partial charge in [-0.1, -0.05) is 42.5 Å². The zero-order valence-corrected chi connectivity index (χ0v) is 18.1. The van der Waals surface area contributed by atoms with Gasteiger partial charge in [0.05, 0.1) is 15.9 Å². The minimum Gasteiger partial charge on any atom is -0.449 e. The molecule has 0 unspecified atom stereocenters. The van der Waals surface area contributed by atoms with Gasteiger partial charge in [-0.3, -0.25) is 0 Å². The van der Waals surface area contributed by atoms with Crippen molar-refractivity contribution < 1.29 is 21.3 Å². The zero-order valence-electron chi connectivity index (χ0n) is 16.4. The summed E-state index contributed by atoms with van der Waals surface area (Å²) in [6.07, 6.45) is 1.74. The quantitative estimate of drug-likeness (QED) is 0.610. The van der Waals surface area contributed by atoms with E-state index in [9.17, 15) is 16.8 Å². The smallest absolute Gasteiger partial charge is 0.243 e. The summed E-state index contributed by atoms with van der Waals surface area (Å²) in [6.45, 7) is 1.82. The van der Waals surface area contributed by atoms with E-state index in [4.69, 9.17) is 4.42 Å². The number of aryl methyl sites for hydroxylation is 1. The number of aromatic nitrogens is 1. The van der Waals surface area contributed by atoms with Crippen LogP contribution >= 0.6 is 0 Å². The molecule has 1 fully saturated rings.